The van der Waals surface area contributed by atoms with Gasteiger partial charge in [0.2, 0.25) is 0 Å². The number of hydrogen-bond donors (Lipinski definition) is 0. The smallest absolute Gasteiger partial charge is 0.0883 e. The molecule has 0 spiro atoms. The van der Waals surface area contributed by atoms with Crippen LogP contribution in [0.15, 0.2) is 218 Å². The Hall–Kier alpha value is -7.24. The summed E-state index contributed by atoms with van der Waals surface area (Å²) in [5.74, 6) is 0. The molecule has 0 atom stereocenters. The summed E-state index contributed by atoms with van der Waals surface area (Å²) in [5.41, 5.74) is 9.00. The van der Waals surface area contributed by atoms with Gasteiger partial charge in [0, 0.05) is 58.4 Å². The molecular formula is C56H36N2S2. The maximum absolute atomic E-state index is 2.50. The zero-order valence-corrected chi connectivity index (χ0v) is 34.1. The molecule has 60 heavy (non-hydrogen) atoms. The van der Waals surface area contributed by atoms with Crippen LogP contribution in [0.5, 0.6) is 0 Å². The zero-order chi connectivity index (χ0) is 39.6. The number of hydrogen-bond acceptors (Lipinski definition) is 4. The first-order valence-electron chi connectivity index (χ1n) is 20.3. The summed E-state index contributed by atoms with van der Waals surface area (Å²) < 4.78 is 5.11. The van der Waals surface area contributed by atoms with Gasteiger partial charge in [0.05, 0.1) is 16.1 Å². The van der Waals surface area contributed by atoms with Crippen molar-refractivity contribution in [3.63, 3.8) is 0 Å². The molecule has 0 aliphatic rings. The SMILES string of the molecule is c1ccc(N(c2cccc(-c3ccc4ccccc4c3)c2)c2ccc3c(sc4cc5ccccc5cc43)c2N(c2ccccc2)c2ccc3sc4ccccc4c3c2)cc1. The van der Waals surface area contributed by atoms with Crippen molar-refractivity contribution in [3.05, 3.63) is 218 Å². The van der Waals surface area contributed by atoms with Gasteiger partial charge in [-0.05, 0) is 118 Å². The highest BCUT2D eigenvalue weighted by atomic mass is 32.1. The minimum atomic E-state index is 1.09. The van der Waals surface area contributed by atoms with E-state index in [1.54, 1.807) is 0 Å². The summed E-state index contributed by atoms with van der Waals surface area (Å²) in [6, 6.07) is 80.1. The number of para-hydroxylation sites is 2. The first-order chi connectivity index (χ1) is 29.7. The van der Waals surface area contributed by atoms with Crippen molar-refractivity contribution in [2.75, 3.05) is 9.80 Å². The molecule has 10 aromatic carbocycles. The van der Waals surface area contributed by atoms with Crippen LogP contribution in [0.4, 0.5) is 34.1 Å². The molecule has 12 aromatic rings. The van der Waals surface area contributed by atoms with E-state index < -0.39 is 0 Å². The van der Waals surface area contributed by atoms with Crippen LogP contribution in [0.1, 0.15) is 0 Å². The fraction of sp³-hybridized carbons (Fsp3) is 0. The minimum Gasteiger partial charge on any atom is -0.308 e. The number of rotatable bonds is 7. The molecule has 0 amide bonds. The van der Waals surface area contributed by atoms with E-state index in [1.165, 1.54) is 73.0 Å². The highest BCUT2D eigenvalue weighted by Crippen LogP contribution is 2.53. The second-order valence-corrected chi connectivity index (χ2v) is 17.5. The lowest BCUT2D eigenvalue weighted by molar-refractivity contribution is 1.24. The average molecular weight is 801 g/mol. The van der Waals surface area contributed by atoms with Crippen LogP contribution < -0.4 is 9.80 Å². The third kappa shape index (κ3) is 5.84. The van der Waals surface area contributed by atoms with Crippen LogP contribution in [0.3, 0.4) is 0 Å². The lowest BCUT2D eigenvalue weighted by Crippen LogP contribution is -2.17. The Bertz CT molecular complexity index is 3570. The minimum absolute atomic E-state index is 1.09. The quantitative estimate of drug-likeness (QED) is 0.158. The molecule has 0 saturated heterocycles. The molecule has 0 saturated carbocycles. The van der Waals surface area contributed by atoms with Gasteiger partial charge in [-0.2, -0.15) is 0 Å². The molecule has 4 heteroatoms. The van der Waals surface area contributed by atoms with Crippen LogP contribution in [0, 0.1) is 0 Å². The second kappa shape index (κ2) is 14.2. The largest absolute Gasteiger partial charge is 0.308 e. The van der Waals surface area contributed by atoms with Gasteiger partial charge in [-0.1, -0.05) is 133 Å². The van der Waals surface area contributed by atoms with Crippen molar-refractivity contribution in [1.82, 2.24) is 0 Å². The highest BCUT2D eigenvalue weighted by molar-refractivity contribution is 7.26. The standard InChI is InChI=1S/C56H36N2S2/c1-3-19-43(20-4-1)57(45-23-13-18-39(33-45)42-27-26-37-14-7-8-15-38(37)32-42)51-30-29-48-49-34-40-16-9-10-17-41(40)35-54(49)60-56(48)55(51)58(44-21-5-2-6-22-44)46-28-31-53-50(36-46)47-24-11-12-25-52(47)59-53/h1-36H. The Kier molecular flexibility index (Phi) is 8.25. The second-order valence-electron chi connectivity index (χ2n) is 15.3. The Morgan fingerprint density at radius 3 is 1.68 bits per heavy atom. The maximum Gasteiger partial charge on any atom is 0.0883 e. The first-order valence-corrected chi connectivity index (χ1v) is 22.0. The molecule has 2 aromatic heterocycles. The topological polar surface area (TPSA) is 6.48 Å². The summed E-state index contributed by atoms with van der Waals surface area (Å²) in [6.07, 6.45) is 0. The molecular weight excluding hydrogens is 765 g/mol. The van der Waals surface area contributed by atoms with Crippen LogP contribution in [-0.4, -0.2) is 0 Å². The summed E-state index contributed by atoms with van der Waals surface area (Å²) in [7, 11) is 0. The molecule has 0 N–H and O–H groups in total. The molecule has 0 unspecified atom stereocenters. The van der Waals surface area contributed by atoms with Gasteiger partial charge in [0.15, 0.2) is 0 Å². The molecule has 0 aliphatic carbocycles. The summed E-state index contributed by atoms with van der Waals surface area (Å²) in [6.45, 7) is 0. The molecule has 282 valence electrons. The van der Waals surface area contributed by atoms with E-state index in [0.29, 0.717) is 0 Å². The number of thiophene rings is 2. The van der Waals surface area contributed by atoms with E-state index in [0.717, 1.165) is 34.1 Å². The predicted molar refractivity (Wildman–Crippen MR) is 262 cm³/mol. The van der Waals surface area contributed by atoms with Crippen molar-refractivity contribution in [3.8, 4) is 11.1 Å². The molecule has 0 aliphatic heterocycles. The first kappa shape index (κ1) is 34.8. The Labute approximate surface area is 356 Å². The van der Waals surface area contributed by atoms with Gasteiger partial charge in [-0.25, -0.2) is 0 Å². The van der Waals surface area contributed by atoms with E-state index >= 15 is 0 Å². The molecule has 2 nitrogen and oxygen atoms in total. The predicted octanol–water partition coefficient (Wildman–Crippen LogP) is 17.3. The summed E-state index contributed by atoms with van der Waals surface area (Å²) in [5, 5.41) is 10.1. The molecule has 2 heterocycles. The normalized spacial score (nSPS) is 11.7. The van der Waals surface area contributed by atoms with Crippen LogP contribution in [-0.2, 0) is 0 Å². The van der Waals surface area contributed by atoms with Gasteiger partial charge in [-0.15, -0.1) is 22.7 Å². The van der Waals surface area contributed by atoms with Crippen LogP contribution in [0.2, 0.25) is 0 Å². The van der Waals surface area contributed by atoms with E-state index in [2.05, 4.69) is 228 Å². The summed E-state index contributed by atoms with van der Waals surface area (Å²) in [4.78, 5) is 4.95. The van der Waals surface area contributed by atoms with Crippen molar-refractivity contribution in [2.24, 2.45) is 0 Å². The van der Waals surface area contributed by atoms with Gasteiger partial charge >= 0.3 is 0 Å². The highest BCUT2D eigenvalue weighted by Gasteiger charge is 2.27. The molecule has 0 radical (unpaired) electrons. The number of nitrogens with zero attached hydrogens (tertiary/aromatic N) is 2. The number of benzene rings is 10. The molecule has 0 fully saturated rings. The van der Waals surface area contributed by atoms with Gasteiger partial charge < -0.3 is 9.80 Å². The van der Waals surface area contributed by atoms with Crippen molar-refractivity contribution in [1.29, 1.82) is 0 Å². The third-order valence-corrected chi connectivity index (χ3v) is 14.1. The van der Waals surface area contributed by atoms with Crippen LogP contribution >= 0.6 is 22.7 Å². The van der Waals surface area contributed by atoms with Crippen molar-refractivity contribution < 1.29 is 0 Å². The Balaban J connectivity index is 1.16. The third-order valence-electron chi connectivity index (χ3n) is 11.8. The number of fused-ring (bicyclic) bond motifs is 8. The summed E-state index contributed by atoms with van der Waals surface area (Å²) >= 11 is 3.74. The lowest BCUT2D eigenvalue weighted by atomic mass is 10.00. The van der Waals surface area contributed by atoms with E-state index in [9.17, 15) is 0 Å². The van der Waals surface area contributed by atoms with E-state index in [4.69, 9.17) is 0 Å². The maximum atomic E-state index is 2.50. The van der Waals surface area contributed by atoms with E-state index in [-0.39, 0.29) is 0 Å². The lowest BCUT2D eigenvalue weighted by Gasteiger charge is -2.34. The molecule has 0 bridgehead atoms. The Morgan fingerprint density at radius 2 is 0.883 bits per heavy atom. The van der Waals surface area contributed by atoms with Crippen molar-refractivity contribution >= 4 is 119 Å². The average Bonchev–Trinajstić information content (AvgIpc) is 3.87. The fourth-order valence-corrected chi connectivity index (χ4v) is 11.3. The van der Waals surface area contributed by atoms with Crippen molar-refractivity contribution in [2.45, 2.75) is 0 Å². The monoisotopic (exact) mass is 800 g/mol. The van der Waals surface area contributed by atoms with E-state index in [1.807, 2.05) is 22.7 Å². The fourth-order valence-electron chi connectivity index (χ4n) is 8.93. The molecule has 12 rings (SSSR count). The van der Waals surface area contributed by atoms with Crippen LogP contribution in [0.25, 0.3) is 73.0 Å². The number of anilines is 6. The van der Waals surface area contributed by atoms with Gasteiger partial charge in [-0.3, -0.25) is 0 Å². The van der Waals surface area contributed by atoms with Gasteiger partial charge in [0.25, 0.3) is 0 Å². The zero-order valence-electron chi connectivity index (χ0n) is 32.5. The van der Waals surface area contributed by atoms with Gasteiger partial charge in [0.1, 0.15) is 0 Å². The Morgan fingerprint density at radius 1 is 0.283 bits per heavy atom.